The molecule has 0 aliphatic carbocycles. The highest BCUT2D eigenvalue weighted by molar-refractivity contribution is 5.49. The number of benzene rings is 2. The van der Waals surface area contributed by atoms with Gasteiger partial charge in [-0.3, -0.25) is 9.80 Å². The highest BCUT2D eigenvalue weighted by Crippen LogP contribution is 2.35. The fourth-order valence-corrected chi connectivity index (χ4v) is 4.90. The van der Waals surface area contributed by atoms with Gasteiger partial charge >= 0.3 is 0 Å². The molecule has 0 spiro atoms. The third kappa shape index (κ3) is 5.06. The molecular formula is C29H37N3. The van der Waals surface area contributed by atoms with Gasteiger partial charge in [0.05, 0.1) is 6.04 Å². The molecule has 0 saturated carbocycles. The number of anilines is 1. The maximum Gasteiger partial charge on any atom is 0.0602 e. The second-order valence-electron chi connectivity index (χ2n) is 9.51. The Labute approximate surface area is 194 Å². The molecule has 2 aliphatic rings. The van der Waals surface area contributed by atoms with Crippen LogP contribution < -0.4 is 5.32 Å². The standard InChI is InChI=1S/C29H37N3/c1-5-10-23(6-2)29(24-11-8-7-9-12-24)32-20-28(21-32)31-16-15-25-17-27(30-18-22(3)4)14-13-26(25)19-31/h5-14,17,22,28-30H,1-2,15-16,18-21H2,3-4H3/b23-10+. The van der Waals surface area contributed by atoms with Gasteiger partial charge in [-0.1, -0.05) is 81.6 Å². The van der Waals surface area contributed by atoms with Crippen LogP contribution in [0.1, 0.15) is 36.6 Å². The highest BCUT2D eigenvalue weighted by atomic mass is 15.3. The third-order valence-electron chi connectivity index (χ3n) is 6.71. The summed E-state index contributed by atoms with van der Waals surface area (Å²) in [5.74, 6) is 0.658. The van der Waals surface area contributed by atoms with E-state index in [0.717, 1.165) is 39.1 Å². The van der Waals surface area contributed by atoms with E-state index in [4.69, 9.17) is 0 Å². The first kappa shape index (κ1) is 22.6. The Kier molecular flexibility index (Phi) is 7.29. The molecule has 0 amide bonds. The van der Waals surface area contributed by atoms with Crippen molar-refractivity contribution < 1.29 is 0 Å². The maximum absolute atomic E-state index is 4.07. The van der Waals surface area contributed by atoms with E-state index in [1.54, 1.807) is 0 Å². The Morgan fingerprint density at radius 1 is 1.09 bits per heavy atom. The molecule has 4 rings (SSSR count). The number of hydrogen-bond acceptors (Lipinski definition) is 3. The van der Waals surface area contributed by atoms with Crippen LogP contribution in [0.4, 0.5) is 5.69 Å². The first-order chi connectivity index (χ1) is 15.6. The topological polar surface area (TPSA) is 18.5 Å². The average Bonchev–Trinajstić information content (AvgIpc) is 2.78. The van der Waals surface area contributed by atoms with Crippen molar-refractivity contribution in [1.82, 2.24) is 9.80 Å². The van der Waals surface area contributed by atoms with Gasteiger partial charge in [-0.2, -0.15) is 0 Å². The Morgan fingerprint density at radius 3 is 2.56 bits per heavy atom. The van der Waals surface area contributed by atoms with Crippen LogP contribution in [-0.4, -0.2) is 42.0 Å². The van der Waals surface area contributed by atoms with Gasteiger partial charge in [0.25, 0.3) is 0 Å². The average molecular weight is 428 g/mol. The minimum absolute atomic E-state index is 0.245. The van der Waals surface area contributed by atoms with Crippen LogP contribution in [0.5, 0.6) is 0 Å². The van der Waals surface area contributed by atoms with Crippen LogP contribution in [0.2, 0.25) is 0 Å². The lowest BCUT2D eigenvalue weighted by Gasteiger charge is -2.50. The molecule has 32 heavy (non-hydrogen) atoms. The van der Waals surface area contributed by atoms with Crippen molar-refractivity contribution in [3.63, 3.8) is 0 Å². The number of allylic oxidation sites excluding steroid dienone is 2. The van der Waals surface area contributed by atoms with Crippen LogP contribution in [-0.2, 0) is 13.0 Å². The van der Waals surface area contributed by atoms with E-state index in [9.17, 15) is 0 Å². The summed E-state index contributed by atoms with van der Waals surface area (Å²) < 4.78 is 0. The molecule has 2 heterocycles. The zero-order valence-electron chi connectivity index (χ0n) is 19.6. The Bertz CT molecular complexity index is 954. The molecule has 168 valence electrons. The van der Waals surface area contributed by atoms with E-state index < -0.39 is 0 Å². The molecule has 2 aliphatic heterocycles. The monoisotopic (exact) mass is 427 g/mol. The predicted octanol–water partition coefficient (Wildman–Crippen LogP) is 5.84. The van der Waals surface area contributed by atoms with E-state index >= 15 is 0 Å². The molecule has 0 bridgehead atoms. The summed E-state index contributed by atoms with van der Waals surface area (Å²) in [6, 6.07) is 18.6. The molecule has 0 radical (unpaired) electrons. The minimum atomic E-state index is 0.245. The van der Waals surface area contributed by atoms with Gasteiger partial charge in [-0.25, -0.2) is 0 Å². The number of likely N-dealkylation sites (tertiary alicyclic amines) is 1. The van der Waals surface area contributed by atoms with Crippen molar-refractivity contribution in [3.05, 3.63) is 102 Å². The van der Waals surface area contributed by atoms with Crippen molar-refractivity contribution in [3.8, 4) is 0 Å². The van der Waals surface area contributed by atoms with Crippen LogP contribution in [0.15, 0.2) is 85.5 Å². The van der Waals surface area contributed by atoms with Crippen molar-refractivity contribution in [1.29, 1.82) is 0 Å². The number of rotatable bonds is 9. The molecule has 1 saturated heterocycles. The zero-order chi connectivity index (χ0) is 22.5. The number of nitrogens with one attached hydrogen (secondary N) is 1. The lowest BCUT2D eigenvalue weighted by molar-refractivity contribution is 0.00713. The van der Waals surface area contributed by atoms with E-state index in [0.29, 0.717) is 12.0 Å². The molecule has 1 fully saturated rings. The molecular weight excluding hydrogens is 390 g/mol. The molecule has 1 N–H and O–H groups in total. The van der Waals surface area contributed by atoms with E-state index in [1.165, 1.54) is 28.0 Å². The first-order valence-electron chi connectivity index (χ1n) is 11.9. The smallest absolute Gasteiger partial charge is 0.0602 e. The van der Waals surface area contributed by atoms with Crippen LogP contribution in [0.3, 0.4) is 0 Å². The van der Waals surface area contributed by atoms with Gasteiger partial charge in [0.1, 0.15) is 0 Å². The summed E-state index contributed by atoms with van der Waals surface area (Å²) in [7, 11) is 0. The summed E-state index contributed by atoms with van der Waals surface area (Å²) in [6.07, 6.45) is 7.09. The summed E-state index contributed by atoms with van der Waals surface area (Å²) in [4.78, 5) is 5.25. The van der Waals surface area contributed by atoms with Crippen molar-refractivity contribution in [2.45, 2.75) is 38.9 Å². The summed E-state index contributed by atoms with van der Waals surface area (Å²) >= 11 is 0. The minimum Gasteiger partial charge on any atom is -0.385 e. The third-order valence-corrected chi connectivity index (χ3v) is 6.71. The number of fused-ring (bicyclic) bond motifs is 1. The molecule has 0 aromatic heterocycles. The van der Waals surface area contributed by atoms with Gasteiger partial charge in [0, 0.05) is 44.5 Å². The summed E-state index contributed by atoms with van der Waals surface area (Å²) in [5, 5.41) is 3.57. The van der Waals surface area contributed by atoms with Crippen LogP contribution in [0.25, 0.3) is 0 Å². The molecule has 2 aromatic carbocycles. The Morgan fingerprint density at radius 2 is 1.88 bits per heavy atom. The quantitative estimate of drug-likeness (QED) is 0.508. The van der Waals surface area contributed by atoms with Gasteiger partial charge in [-0.05, 0) is 46.7 Å². The SMILES string of the molecule is C=C/C=C(\C=C)C(c1ccccc1)N1CC(N2CCc3cc(NCC(C)C)ccc3C2)C1. The van der Waals surface area contributed by atoms with Crippen molar-refractivity contribution in [2.75, 3.05) is 31.5 Å². The highest BCUT2D eigenvalue weighted by Gasteiger charge is 2.38. The Balaban J connectivity index is 1.41. The maximum atomic E-state index is 4.07. The molecule has 1 atom stereocenters. The molecule has 1 unspecified atom stereocenters. The Hall–Kier alpha value is -2.62. The van der Waals surface area contributed by atoms with Crippen LogP contribution in [0, 0.1) is 5.92 Å². The van der Waals surface area contributed by atoms with Gasteiger partial charge in [0.15, 0.2) is 0 Å². The second kappa shape index (κ2) is 10.3. The fraction of sp³-hybridized carbons (Fsp3) is 0.379. The predicted molar refractivity (Wildman–Crippen MR) is 137 cm³/mol. The van der Waals surface area contributed by atoms with Crippen molar-refractivity contribution in [2.24, 2.45) is 5.92 Å². The normalized spacial score (nSPS) is 18.7. The zero-order valence-corrected chi connectivity index (χ0v) is 19.6. The van der Waals surface area contributed by atoms with Crippen LogP contribution >= 0.6 is 0 Å². The largest absolute Gasteiger partial charge is 0.385 e. The first-order valence-corrected chi connectivity index (χ1v) is 11.9. The summed E-state index contributed by atoms with van der Waals surface area (Å²) in [5.41, 5.74) is 6.80. The van der Waals surface area contributed by atoms with Gasteiger partial charge < -0.3 is 5.32 Å². The molecule has 3 nitrogen and oxygen atoms in total. The van der Waals surface area contributed by atoms with Crippen molar-refractivity contribution >= 4 is 5.69 Å². The lowest BCUT2D eigenvalue weighted by atomic mass is 9.90. The van der Waals surface area contributed by atoms with E-state index in [-0.39, 0.29) is 6.04 Å². The lowest BCUT2D eigenvalue weighted by Crippen LogP contribution is -2.60. The van der Waals surface area contributed by atoms with Gasteiger partial charge in [-0.15, -0.1) is 0 Å². The summed E-state index contributed by atoms with van der Waals surface area (Å²) in [6.45, 7) is 17.9. The fourth-order valence-electron chi connectivity index (χ4n) is 4.90. The second-order valence-corrected chi connectivity index (χ2v) is 9.51. The van der Waals surface area contributed by atoms with E-state index in [2.05, 4.69) is 96.7 Å². The number of nitrogens with zero attached hydrogens (tertiary/aromatic N) is 2. The number of hydrogen-bond donors (Lipinski definition) is 1. The van der Waals surface area contributed by atoms with Gasteiger partial charge in [0.2, 0.25) is 0 Å². The molecule has 3 heteroatoms. The molecule has 2 aromatic rings. The van der Waals surface area contributed by atoms with E-state index in [1.807, 2.05) is 12.2 Å².